The van der Waals surface area contributed by atoms with Gasteiger partial charge in [0.1, 0.15) is 5.82 Å². The molecule has 0 unspecified atom stereocenters. The van der Waals surface area contributed by atoms with Gasteiger partial charge < -0.3 is 9.13 Å². The first-order chi connectivity index (χ1) is 23.0. The van der Waals surface area contributed by atoms with Gasteiger partial charge in [-0.15, -0.1) is 29.8 Å². The van der Waals surface area contributed by atoms with E-state index < -0.39 is 23.5 Å². The van der Waals surface area contributed by atoms with Crippen LogP contribution in [0.4, 0.5) is 26.3 Å². The van der Waals surface area contributed by atoms with E-state index in [1.54, 1.807) is 12.4 Å². The number of benzene rings is 4. The van der Waals surface area contributed by atoms with Crippen molar-refractivity contribution >= 4 is 15.9 Å². The van der Waals surface area contributed by atoms with E-state index in [2.05, 4.69) is 32.0 Å². The van der Waals surface area contributed by atoms with Gasteiger partial charge in [0.25, 0.3) is 0 Å². The molecule has 0 N–H and O–H groups in total. The van der Waals surface area contributed by atoms with Gasteiger partial charge in [0, 0.05) is 61.6 Å². The third kappa shape index (κ3) is 7.98. The number of alkyl halides is 6. The minimum Gasteiger partial charge on any atom is -0.367 e. The van der Waals surface area contributed by atoms with E-state index >= 15 is 0 Å². The molecule has 4 nitrogen and oxygen atoms in total. The van der Waals surface area contributed by atoms with Crippen LogP contribution in [0.2, 0.25) is 0 Å². The first kappa shape index (κ1) is 38.8. The molecule has 2 aromatic heterocycles. The molecule has 0 bridgehead atoms. The third-order valence-electron chi connectivity index (χ3n) is 8.37. The molecule has 0 amide bonds. The molecule has 0 fully saturated rings. The van der Waals surface area contributed by atoms with Crippen LogP contribution in [0.1, 0.15) is 33.4 Å². The summed E-state index contributed by atoms with van der Waals surface area (Å²) >= 11 is 3.25. The Kier molecular flexibility index (Phi) is 11.7. The van der Waals surface area contributed by atoms with Gasteiger partial charge in [0.15, 0.2) is 0 Å². The van der Waals surface area contributed by atoms with E-state index in [0.29, 0.717) is 27.2 Å². The number of aryl methyl sites for hydroxylation is 4. The fourth-order valence-corrected chi connectivity index (χ4v) is 6.39. The minimum absolute atomic E-state index is 0. The molecule has 4 aromatic carbocycles. The van der Waals surface area contributed by atoms with Crippen molar-refractivity contribution in [3.05, 3.63) is 129 Å². The predicted molar refractivity (Wildman–Crippen MR) is 184 cm³/mol. The van der Waals surface area contributed by atoms with Crippen molar-refractivity contribution in [3.8, 4) is 45.3 Å². The summed E-state index contributed by atoms with van der Waals surface area (Å²) in [6.07, 6.45) is -5.23. The quantitative estimate of drug-likeness (QED) is 0.130. The van der Waals surface area contributed by atoms with Crippen LogP contribution >= 0.6 is 15.9 Å². The van der Waals surface area contributed by atoms with Crippen molar-refractivity contribution in [3.63, 3.8) is 0 Å². The van der Waals surface area contributed by atoms with Gasteiger partial charge in [0.05, 0.1) is 29.0 Å². The minimum atomic E-state index is -4.37. The van der Waals surface area contributed by atoms with Crippen LogP contribution in [0.5, 0.6) is 0 Å². The number of nitrogens with zero attached hydrogens (tertiary/aromatic N) is 4. The van der Waals surface area contributed by atoms with Crippen LogP contribution in [0.3, 0.4) is 0 Å². The number of halogens is 7. The van der Waals surface area contributed by atoms with Gasteiger partial charge >= 0.3 is 12.4 Å². The van der Waals surface area contributed by atoms with Crippen LogP contribution in [-0.2, 0) is 46.6 Å². The molecule has 50 heavy (non-hydrogen) atoms. The normalized spacial score (nSPS) is 11.5. The molecule has 0 aliphatic heterocycles. The number of imidazole rings is 2. The van der Waals surface area contributed by atoms with Gasteiger partial charge in [-0.25, -0.2) is 4.98 Å². The van der Waals surface area contributed by atoms with Crippen LogP contribution < -0.4 is 0 Å². The average Bonchev–Trinajstić information content (AvgIpc) is 3.58. The Morgan fingerprint density at radius 1 is 0.620 bits per heavy atom. The largest absolute Gasteiger partial charge is 0.416 e. The average molecular weight is 931 g/mol. The third-order valence-corrected chi connectivity index (χ3v) is 9.03. The molecule has 0 aliphatic rings. The fraction of sp³-hybridized carbons (Fsp3) is 0.211. The second-order valence-corrected chi connectivity index (χ2v) is 12.6. The van der Waals surface area contributed by atoms with Gasteiger partial charge in [-0.05, 0) is 73.7 Å². The molecular weight excluding hydrogens is 899 g/mol. The molecule has 0 saturated carbocycles. The monoisotopic (exact) mass is 930 g/mol. The number of hydrogen-bond acceptors (Lipinski definition) is 2. The first-order valence-electron chi connectivity index (χ1n) is 15.1. The molecule has 12 heteroatoms. The van der Waals surface area contributed by atoms with Crippen molar-refractivity contribution in [2.75, 3.05) is 0 Å². The summed E-state index contributed by atoms with van der Waals surface area (Å²) in [7, 11) is 3.72. The Balaban J connectivity index is 0.000000220. The summed E-state index contributed by atoms with van der Waals surface area (Å²) in [4.78, 5) is 8.84. The fourth-order valence-electron chi connectivity index (χ4n) is 5.83. The van der Waals surface area contributed by atoms with Gasteiger partial charge in [0.2, 0.25) is 0 Å². The van der Waals surface area contributed by atoms with Crippen molar-refractivity contribution < 1.29 is 46.4 Å². The van der Waals surface area contributed by atoms with E-state index in [-0.39, 0.29) is 20.1 Å². The Morgan fingerprint density at radius 2 is 1.06 bits per heavy atom. The van der Waals surface area contributed by atoms with Crippen molar-refractivity contribution in [1.29, 1.82) is 0 Å². The molecule has 6 aromatic rings. The molecule has 263 valence electrons. The Labute approximate surface area is 308 Å². The van der Waals surface area contributed by atoms with E-state index in [4.69, 9.17) is 0 Å². The summed E-state index contributed by atoms with van der Waals surface area (Å²) in [6, 6.07) is 21.8. The van der Waals surface area contributed by atoms with Gasteiger partial charge in [-0.3, -0.25) is 4.98 Å². The smallest absolute Gasteiger partial charge is 0.367 e. The maximum atomic E-state index is 12.9. The topological polar surface area (TPSA) is 35.6 Å². The molecule has 0 spiro atoms. The van der Waals surface area contributed by atoms with Crippen LogP contribution in [-0.4, -0.2) is 19.1 Å². The number of hydrogen-bond donors (Lipinski definition) is 0. The number of rotatable bonds is 4. The Bertz CT molecular complexity index is 2090. The second-order valence-electron chi connectivity index (χ2n) is 11.8. The Hall–Kier alpha value is -3.99. The standard InChI is InChI=1S/C19H16BrF3N2.C19H16F3N2.Ir/c1-11-5-4-6-12(2)17(11)16-10-24-18(25(16)3)14-8-7-13(9-15(14)20)19(21,22)23;1-12-5-4-6-13(2)17(12)16-11-23-18(24(16)3)14-7-9-15(10-8-14)19(20,21)22;/h4-10H,1-3H3;4-7,9-11H,1-3H3;/q;-1;. The van der Waals surface area contributed by atoms with Gasteiger partial charge in [-0.2, -0.15) is 26.3 Å². The zero-order valence-corrected chi connectivity index (χ0v) is 31.8. The molecule has 0 atom stereocenters. The summed E-state index contributed by atoms with van der Waals surface area (Å²) in [5.41, 5.74) is 8.28. The molecule has 1 radical (unpaired) electrons. The summed E-state index contributed by atoms with van der Waals surface area (Å²) < 4.78 is 80.7. The summed E-state index contributed by atoms with van der Waals surface area (Å²) in [6.45, 7) is 8.12. The predicted octanol–water partition coefficient (Wildman–Crippen LogP) is 11.3. The van der Waals surface area contributed by atoms with Crippen LogP contribution in [0, 0.1) is 33.8 Å². The second kappa shape index (κ2) is 15.1. The molecule has 0 aliphatic carbocycles. The maximum Gasteiger partial charge on any atom is 0.416 e. The summed E-state index contributed by atoms with van der Waals surface area (Å²) in [5, 5.41) is 0. The molecular formula is C38H32BrF6IrN4-. The SMILES string of the molecule is Cc1cccc(C)c1-c1cnc(-c2[c-]cc(C(F)(F)F)cc2)n1C.Cc1cccc(C)c1-c1cnc(-c2ccc(C(F)(F)F)cc2Br)n1C.[Ir]. The maximum absolute atomic E-state index is 12.9. The van der Waals surface area contributed by atoms with E-state index in [9.17, 15) is 26.3 Å². The zero-order valence-electron chi connectivity index (χ0n) is 27.9. The van der Waals surface area contributed by atoms with E-state index in [0.717, 1.165) is 69.0 Å². The Morgan fingerprint density at radius 3 is 1.48 bits per heavy atom. The van der Waals surface area contributed by atoms with Crippen molar-refractivity contribution in [1.82, 2.24) is 19.1 Å². The first-order valence-corrected chi connectivity index (χ1v) is 15.9. The van der Waals surface area contributed by atoms with Gasteiger partial charge in [-0.1, -0.05) is 52.3 Å². The number of aromatic nitrogens is 4. The van der Waals surface area contributed by atoms with E-state index in [1.165, 1.54) is 12.1 Å². The molecule has 6 rings (SSSR count). The zero-order chi connectivity index (χ0) is 35.8. The van der Waals surface area contributed by atoms with Crippen molar-refractivity contribution in [2.24, 2.45) is 14.1 Å². The molecule has 0 saturated heterocycles. The molecule has 2 heterocycles. The van der Waals surface area contributed by atoms with E-state index in [1.807, 2.05) is 87.3 Å². The van der Waals surface area contributed by atoms with Crippen LogP contribution in [0.15, 0.2) is 89.7 Å². The van der Waals surface area contributed by atoms with Crippen molar-refractivity contribution in [2.45, 2.75) is 40.0 Å². The van der Waals surface area contributed by atoms with Crippen LogP contribution in [0.25, 0.3) is 45.3 Å². The summed E-state index contributed by atoms with van der Waals surface area (Å²) in [5.74, 6) is 1.19.